The van der Waals surface area contributed by atoms with Gasteiger partial charge in [0.2, 0.25) is 0 Å². The van der Waals surface area contributed by atoms with E-state index in [0.29, 0.717) is 41.2 Å². The summed E-state index contributed by atoms with van der Waals surface area (Å²) in [6.45, 7) is 3.10. The first-order valence-corrected chi connectivity index (χ1v) is 7.38. The quantitative estimate of drug-likeness (QED) is 0.935. The maximum atomic E-state index is 6.23. The van der Waals surface area contributed by atoms with E-state index in [9.17, 15) is 0 Å². The third kappa shape index (κ3) is 2.84. The lowest BCUT2D eigenvalue weighted by Crippen LogP contribution is -2.15. The molecule has 1 unspecified atom stereocenters. The number of nitrogens with zero attached hydrogens (tertiary/aromatic N) is 1. The molecular formula is C15H17ClN2O3. The summed E-state index contributed by atoms with van der Waals surface area (Å²) >= 11 is 6.23. The zero-order valence-electron chi connectivity index (χ0n) is 11.8. The first-order valence-electron chi connectivity index (χ1n) is 7.00. The van der Waals surface area contributed by atoms with Gasteiger partial charge in [-0.3, -0.25) is 0 Å². The summed E-state index contributed by atoms with van der Waals surface area (Å²) in [5, 5.41) is 4.57. The Hall–Kier alpha value is -1.72. The summed E-state index contributed by atoms with van der Waals surface area (Å²) < 4.78 is 16.4. The highest BCUT2D eigenvalue weighted by Gasteiger charge is 2.19. The topological polar surface area (TPSA) is 70.5 Å². The van der Waals surface area contributed by atoms with Crippen molar-refractivity contribution in [3.05, 3.63) is 29.0 Å². The van der Waals surface area contributed by atoms with Gasteiger partial charge in [0, 0.05) is 11.6 Å². The zero-order valence-corrected chi connectivity index (χ0v) is 12.5. The highest BCUT2D eigenvalue weighted by atomic mass is 35.5. The highest BCUT2D eigenvalue weighted by Crippen LogP contribution is 2.41. The van der Waals surface area contributed by atoms with Crippen LogP contribution in [0.1, 0.15) is 31.6 Å². The van der Waals surface area contributed by atoms with Crippen molar-refractivity contribution in [2.24, 2.45) is 5.73 Å². The predicted molar refractivity (Wildman–Crippen MR) is 79.8 cm³/mol. The monoisotopic (exact) mass is 308 g/mol. The minimum atomic E-state index is -0.135. The van der Waals surface area contributed by atoms with Crippen molar-refractivity contribution in [1.29, 1.82) is 0 Å². The molecule has 6 heteroatoms. The Balaban J connectivity index is 1.92. The maximum absolute atomic E-state index is 6.23. The van der Waals surface area contributed by atoms with Crippen LogP contribution < -0.4 is 15.2 Å². The molecule has 1 aliphatic rings. The van der Waals surface area contributed by atoms with Crippen molar-refractivity contribution >= 4 is 11.6 Å². The summed E-state index contributed by atoms with van der Waals surface area (Å²) in [6, 6.07) is 5.36. The lowest BCUT2D eigenvalue weighted by molar-refractivity contribution is 0.172. The van der Waals surface area contributed by atoms with Crippen molar-refractivity contribution < 1.29 is 14.0 Å². The summed E-state index contributed by atoms with van der Waals surface area (Å²) in [6.07, 6.45) is 1.85. The van der Waals surface area contributed by atoms with Crippen LogP contribution in [0.2, 0.25) is 5.02 Å². The Kier molecular flexibility index (Phi) is 4.03. The summed E-state index contributed by atoms with van der Waals surface area (Å²) in [5.41, 5.74) is 7.55. The van der Waals surface area contributed by atoms with E-state index < -0.39 is 0 Å². The van der Waals surface area contributed by atoms with E-state index in [-0.39, 0.29) is 6.04 Å². The second-order valence-electron chi connectivity index (χ2n) is 4.99. The first-order chi connectivity index (χ1) is 10.2. The second-order valence-corrected chi connectivity index (χ2v) is 5.40. The lowest BCUT2D eigenvalue weighted by atomic mass is 10.1. The van der Waals surface area contributed by atoms with E-state index in [4.69, 9.17) is 31.3 Å². The van der Waals surface area contributed by atoms with E-state index in [1.807, 2.05) is 12.1 Å². The molecule has 0 amide bonds. The van der Waals surface area contributed by atoms with Crippen molar-refractivity contribution in [2.75, 3.05) is 13.2 Å². The van der Waals surface area contributed by atoms with Crippen LogP contribution in [-0.2, 0) is 0 Å². The average molecular weight is 309 g/mol. The number of hydrogen-bond acceptors (Lipinski definition) is 5. The minimum Gasteiger partial charge on any atom is -0.486 e. The number of halogens is 1. The Labute approximate surface area is 128 Å². The van der Waals surface area contributed by atoms with Gasteiger partial charge in [-0.15, -0.1) is 0 Å². The third-order valence-corrected chi connectivity index (χ3v) is 3.67. The largest absolute Gasteiger partial charge is 0.486 e. The molecule has 1 aromatic heterocycles. The van der Waals surface area contributed by atoms with E-state index in [2.05, 4.69) is 12.1 Å². The molecule has 1 atom stereocenters. The first kappa shape index (κ1) is 14.2. The third-order valence-electron chi connectivity index (χ3n) is 3.39. The van der Waals surface area contributed by atoms with Crippen molar-refractivity contribution in [1.82, 2.24) is 5.16 Å². The van der Waals surface area contributed by atoms with Gasteiger partial charge in [-0.2, -0.15) is 0 Å². The molecule has 1 aliphatic heterocycles. The zero-order chi connectivity index (χ0) is 14.8. The van der Waals surface area contributed by atoms with Crippen molar-refractivity contribution in [2.45, 2.75) is 25.8 Å². The number of hydrogen-bond donors (Lipinski definition) is 1. The van der Waals surface area contributed by atoms with Gasteiger partial charge in [-0.25, -0.2) is 0 Å². The Morgan fingerprint density at radius 3 is 2.90 bits per heavy atom. The molecule has 0 fully saturated rings. The van der Waals surface area contributed by atoms with Gasteiger partial charge in [0.15, 0.2) is 17.3 Å². The smallest absolute Gasteiger partial charge is 0.179 e. The number of fused-ring (bicyclic) bond motifs is 1. The lowest BCUT2D eigenvalue weighted by Gasteiger charge is -2.19. The fourth-order valence-electron chi connectivity index (χ4n) is 2.31. The van der Waals surface area contributed by atoms with Gasteiger partial charge in [0.25, 0.3) is 0 Å². The molecule has 2 aromatic rings. The molecule has 1 aromatic carbocycles. The maximum Gasteiger partial charge on any atom is 0.179 e. The molecule has 0 spiro atoms. The molecule has 0 bridgehead atoms. The number of nitrogens with two attached hydrogens (primary N) is 1. The van der Waals surface area contributed by atoms with E-state index in [1.54, 1.807) is 6.07 Å². The summed E-state index contributed by atoms with van der Waals surface area (Å²) in [5.74, 6) is 1.89. The van der Waals surface area contributed by atoms with E-state index in [0.717, 1.165) is 18.4 Å². The molecule has 3 rings (SSSR count). The Morgan fingerprint density at radius 2 is 2.10 bits per heavy atom. The SMILES string of the molecule is CCCC(N)c1cc(-c2cc(Cl)c3c(c2)OCCO3)no1. The van der Waals surface area contributed by atoms with Crippen LogP contribution in [0, 0.1) is 0 Å². The molecule has 0 aliphatic carbocycles. The van der Waals surface area contributed by atoms with Gasteiger partial charge in [-0.05, 0) is 18.6 Å². The fraction of sp³-hybridized carbons (Fsp3) is 0.400. The molecule has 112 valence electrons. The van der Waals surface area contributed by atoms with Crippen LogP contribution in [0.4, 0.5) is 0 Å². The van der Waals surface area contributed by atoms with Crippen molar-refractivity contribution in [3.8, 4) is 22.8 Å². The standard InChI is InChI=1S/C15H17ClN2O3/c1-2-3-11(17)13-8-12(18-21-13)9-6-10(16)15-14(7-9)19-4-5-20-15/h6-8,11H,2-5,17H2,1H3. The number of aromatic nitrogens is 1. The van der Waals surface area contributed by atoms with Gasteiger partial charge < -0.3 is 19.7 Å². The van der Waals surface area contributed by atoms with Gasteiger partial charge in [0.1, 0.15) is 18.9 Å². The second kappa shape index (κ2) is 5.95. The molecule has 0 saturated heterocycles. The summed E-state index contributed by atoms with van der Waals surface area (Å²) in [4.78, 5) is 0. The van der Waals surface area contributed by atoms with Crippen LogP contribution in [0.15, 0.2) is 22.7 Å². The number of benzene rings is 1. The Morgan fingerprint density at radius 1 is 1.29 bits per heavy atom. The molecule has 5 nitrogen and oxygen atoms in total. The van der Waals surface area contributed by atoms with Gasteiger partial charge in [-0.1, -0.05) is 30.1 Å². The van der Waals surface area contributed by atoms with Gasteiger partial charge >= 0.3 is 0 Å². The van der Waals surface area contributed by atoms with Crippen LogP contribution in [-0.4, -0.2) is 18.4 Å². The van der Waals surface area contributed by atoms with Crippen LogP contribution in [0.25, 0.3) is 11.3 Å². The highest BCUT2D eigenvalue weighted by molar-refractivity contribution is 6.32. The van der Waals surface area contributed by atoms with E-state index >= 15 is 0 Å². The normalized spacial score (nSPS) is 15.0. The fourth-order valence-corrected chi connectivity index (χ4v) is 2.58. The molecule has 2 N–H and O–H groups in total. The van der Waals surface area contributed by atoms with Crippen LogP contribution in [0.3, 0.4) is 0 Å². The molecule has 0 saturated carbocycles. The molecular weight excluding hydrogens is 292 g/mol. The number of rotatable bonds is 4. The summed E-state index contributed by atoms with van der Waals surface area (Å²) in [7, 11) is 0. The Bertz CT molecular complexity index is 642. The van der Waals surface area contributed by atoms with Crippen molar-refractivity contribution in [3.63, 3.8) is 0 Å². The average Bonchev–Trinajstić information content (AvgIpc) is 2.97. The van der Waals surface area contributed by atoms with E-state index in [1.165, 1.54) is 0 Å². The molecule has 0 radical (unpaired) electrons. The van der Waals surface area contributed by atoms with Gasteiger partial charge in [0.05, 0.1) is 11.1 Å². The minimum absolute atomic E-state index is 0.135. The van der Waals surface area contributed by atoms with Crippen LogP contribution >= 0.6 is 11.6 Å². The van der Waals surface area contributed by atoms with Crippen LogP contribution in [0.5, 0.6) is 11.5 Å². The molecule has 2 heterocycles. The number of ether oxygens (including phenoxy) is 2. The molecule has 21 heavy (non-hydrogen) atoms. The predicted octanol–water partition coefficient (Wildman–Crippen LogP) is 3.57.